The van der Waals surface area contributed by atoms with Crippen molar-refractivity contribution in [3.63, 3.8) is 0 Å². The molecule has 0 saturated carbocycles. The van der Waals surface area contributed by atoms with Crippen LogP contribution < -0.4 is 24.3 Å². The van der Waals surface area contributed by atoms with Gasteiger partial charge in [-0.05, 0) is 39.0 Å². The molecular weight excluding hydrogens is 438 g/mol. The van der Waals surface area contributed by atoms with Gasteiger partial charge in [0.2, 0.25) is 6.04 Å². The van der Waals surface area contributed by atoms with Gasteiger partial charge in [0.25, 0.3) is 5.91 Å². The van der Waals surface area contributed by atoms with Gasteiger partial charge >= 0.3 is 0 Å². The highest BCUT2D eigenvalue weighted by molar-refractivity contribution is 6.32. The number of nitrogens with one attached hydrogen (secondary N) is 1. The van der Waals surface area contributed by atoms with Crippen LogP contribution in [-0.4, -0.2) is 45.2 Å². The number of benzene rings is 2. The van der Waals surface area contributed by atoms with E-state index in [2.05, 4.69) is 15.5 Å². The molecule has 1 N–H and O–H groups in total. The van der Waals surface area contributed by atoms with E-state index in [0.717, 1.165) is 0 Å². The zero-order valence-corrected chi connectivity index (χ0v) is 19.4. The van der Waals surface area contributed by atoms with Crippen LogP contribution in [-0.2, 0) is 9.59 Å². The third-order valence-electron chi connectivity index (χ3n) is 4.17. The monoisotopic (exact) mass is 463 g/mol. The smallest absolute Gasteiger partial charge is 0.258 e. The Morgan fingerprint density at radius 1 is 1.03 bits per heavy atom. The fraction of sp³-hybridized carbons (Fsp3) is 0.364. The maximum atomic E-state index is 12.8. The van der Waals surface area contributed by atoms with Crippen molar-refractivity contribution < 1.29 is 28.5 Å². The highest BCUT2D eigenvalue weighted by Crippen LogP contribution is 2.39. The van der Waals surface area contributed by atoms with Crippen LogP contribution in [0.5, 0.6) is 23.0 Å². The molecular formula is C22H26ClN3O6. The highest BCUT2D eigenvalue weighted by Gasteiger charge is 2.25. The molecule has 0 fully saturated rings. The molecule has 0 saturated heterocycles. The van der Waals surface area contributed by atoms with Gasteiger partial charge in [0.15, 0.2) is 23.0 Å². The van der Waals surface area contributed by atoms with Gasteiger partial charge in [-0.3, -0.25) is 9.59 Å². The fourth-order valence-corrected chi connectivity index (χ4v) is 3.03. The minimum Gasteiger partial charge on any atom is -0.494 e. The Balaban J connectivity index is 2.32. The Labute approximate surface area is 191 Å². The third kappa shape index (κ3) is 6.10. The van der Waals surface area contributed by atoms with Crippen LogP contribution >= 0.6 is 11.6 Å². The number of hydrogen-bond acceptors (Lipinski definition) is 8. The molecule has 2 aromatic rings. The highest BCUT2D eigenvalue weighted by atomic mass is 35.5. The number of hydrogen-bond donors (Lipinski definition) is 1. The first-order chi connectivity index (χ1) is 15.4. The number of ketones is 1. The molecule has 0 radical (unpaired) electrons. The van der Waals surface area contributed by atoms with Crippen molar-refractivity contribution in [2.24, 2.45) is 10.2 Å². The summed E-state index contributed by atoms with van der Waals surface area (Å²) < 4.78 is 21.6. The third-order valence-corrected chi connectivity index (χ3v) is 4.45. The van der Waals surface area contributed by atoms with Gasteiger partial charge in [0.1, 0.15) is 11.5 Å². The summed E-state index contributed by atoms with van der Waals surface area (Å²) in [6, 6.07) is 6.72. The number of halogens is 1. The molecule has 0 aliphatic carbocycles. The lowest BCUT2D eigenvalue weighted by atomic mass is 10.2. The number of Topliss-reactive ketones (excluding diaryl/α,β-unsaturated/α-hetero) is 1. The number of amides is 1. The predicted molar refractivity (Wildman–Crippen MR) is 121 cm³/mol. The summed E-state index contributed by atoms with van der Waals surface area (Å²) in [7, 11) is 2.93. The van der Waals surface area contributed by atoms with Crippen LogP contribution in [0.25, 0.3) is 0 Å². The van der Waals surface area contributed by atoms with Crippen LogP contribution in [0.2, 0.25) is 5.02 Å². The summed E-state index contributed by atoms with van der Waals surface area (Å²) in [5.41, 5.74) is 0.586. The lowest BCUT2D eigenvalue weighted by Crippen LogP contribution is -2.31. The van der Waals surface area contributed by atoms with Crippen LogP contribution in [0.3, 0.4) is 0 Å². The largest absolute Gasteiger partial charge is 0.494 e. The van der Waals surface area contributed by atoms with Gasteiger partial charge in [-0.2, -0.15) is 5.11 Å². The van der Waals surface area contributed by atoms with Gasteiger partial charge in [0.05, 0.1) is 32.5 Å². The van der Waals surface area contributed by atoms with Crippen LogP contribution in [0.15, 0.2) is 40.6 Å². The summed E-state index contributed by atoms with van der Waals surface area (Å²) in [4.78, 5) is 24.9. The van der Waals surface area contributed by atoms with Crippen molar-refractivity contribution >= 4 is 34.7 Å². The molecule has 9 nitrogen and oxygen atoms in total. The molecule has 0 spiro atoms. The van der Waals surface area contributed by atoms with Crippen molar-refractivity contribution in [2.75, 3.05) is 32.8 Å². The first-order valence-corrected chi connectivity index (χ1v) is 10.3. The molecule has 0 heterocycles. The van der Waals surface area contributed by atoms with Gasteiger partial charge in [0, 0.05) is 11.8 Å². The number of azo groups is 1. The first kappa shape index (κ1) is 24.9. The molecule has 1 atom stereocenters. The molecule has 2 aromatic carbocycles. The van der Waals surface area contributed by atoms with Gasteiger partial charge in [-0.15, -0.1) is 5.11 Å². The minimum atomic E-state index is -1.40. The van der Waals surface area contributed by atoms with E-state index in [-0.39, 0.29) is 10.7 Å². The van der Waals surface area contributed by atoms with Gasteiger partial charge in [-0.1, -0.05) is 17.7 Å². The van der Waals surface area contributed by atoms with Crippen molar-refractivity contribution in [1.82, 2.24) is 0 Å². The van der Waals surface area contributed by atoms with Crippen molar-refractivity contribution in [1.29, 1.82) is 0 Å². The molecule has 2 rings (SSSR count). The Morgan fingerprint density at radius 3 is 2.19 bits per heavy atom. The number of methoxy groups -OCH3 is 2. The molecule has 172 valence electrons. The van der Waals surface area contributed by atoms with Crippen molar-refractivity contribution in [3.8, 4) is 23.0 Å². The number of ether oxygens (including phenoxy) is 4. The average Bonchev–Trinajstić information content (AvgIpc) is 2.76. The maximum Gasteiger partial charge on any atom is 0.258 e. The topological polar surface area (TPSA) is 108 Å². The summed E-state index contributed by atoms with van der Waals surface area (Å²) in [5.74, 6) is 0.336. The predicted octanol–water partition coefficient (Wildman–Crippen LogP) is 4.83. The second kappa shape index (κ2) is 11.9. The number of carbonyl (C=O) groups excluding carboxylic acids is 2. The average molecular weight is 464 g/mol. The van der Waals surface area contributed by atoms with E-state index in [1.807, 2.05) is 13.8 Å². The van der Waals surface area contributed by atoms with E-state index in [0.29, 0.717) is 41.9 Å². The molecule has 0 aromatic heterocycles. The number of nitrogens with zero attached hydrogens (tertiary/aromatic N) is 2. The fourth-order valence-electron chi connectivity index (χ4n) is 2.76. The normalized spacial score (nSPS) is 11.7. The van der Waals surface area contributed by atoms with Crippen molar-refractivity contribution in [2.45, 2.75) is 26.8 Å². The Hall–Kier alpha value is -3.33. The summed E-state index contributed by atoms with van der Waals surface area (Å²) in [5, 5.41) is 10.9. The Kier molecular flexibility index (Phi) is 9.27. The van der Waals surface area contributed by atoms with Crippen LogP contribution in [0, 0.1) is 0 Å². The summed E-state index contributed by atoms with van der Waals surface area (Å²) in [6.45, 7) is 5.65. The van der Waals surface area contributed by atoms with E-state index in [4.69, 9.17) is 30.5 Å². The molecule has 0 bridgehead atoms. The Morgan fingerprint density at radius 2 is 1.66 bits per heavy atom. The SMILES string of the molecule is CCOc1cc(NC(=O)C(N=Nc2c(OC)cccc2OC)C(C)=O)cc(Cl)c1OCC. The second-order valence-electron chi connectivity index (χ2n) is 6.38. The van der Waals surface area contributed by atoms with E-state index < -0.39 is 17.7 Å². The van der Waals surface area contributed by atoms with E-state index in [1.54, 1.807) is 24.3 Å². The first-order valence-electron chi connectivity index (χ1n) is 9.88. The molecule has 0 aliphatic rings. The Bertz CT molecular complexity index is 974. The molecule has 10 heteroatoms. The molecule has 1 amide bonds. The quantitative estimate of drug-likeness (QED) is 0.377. The lowest BCUT2D eigenvalue weighted by molar-refractivity contribution is -0.126. The van der Waals surface area contributed by atoms with Crippen LogP contribution in [0.1, 0.15) is 20.8 Å². The standard InChI is InChI=1S/C22H26ClN3O6/c1-6-31-18-12-14(11-15(23)21(18)32-7-2)24-22(28)19(13(3)27)25-26-20-16(29-4)9-8-10-17(20)30-5/h8-12,19H,6-7H2,1-5H3,(H,24,28). The molecule has 0 aliphatic heterocycles. The minimum absolute atomic E-state index is 0.257. The lowest BCUT2D eigenvalue weighted by Gasteiger charge is -2.15. The summed E-state index contributed by atoms with van der Waals surface area (Å²) >= 11 is 6.29. The zero-order valence-electron chi connectivity index (χ0n) is 18.6. The molecule has 32 heavy (non-hydrogen) atoms. The van der Waals surface area contributed by atoms with E-state index in [9.17, 15) is 9.59 Å². The van der Waals surface area contributed by atoms with Gasteiger partial charge in [-0.25, -0.2) is 0 Å². The van der Waals surface area contributed by atoms with Crippen LogP contribution in [0.4, 0.5) is 11.4 Å². The molecule has 1 unspecified atom stereocenters. The maximum absolute atomic E-state index is 12.8. The number of rotatable bonds is 11. The number of carbonyl (C=O) groups is 2. The number of anilines is 1. The summed E-state index contributed by atoms with van der Waals surface area (Å²) in [6.07, 6.45) is 0. The zero-order chi connectivity index (χ0) is 23.7. The second-order valence-corrected chi connectivity index (χ2v) is 6.79. The van der Waals surface area contributed by atoms with Gasteiger partial charge < -0.3 is 24.3 Å². The van der Waals surface area contributed by atoms with Crippen molar-refractivity contribution in [3.05, 3.63) is 35.4 Å². The van der Waals surface area contributed by atoms with E-state index >= 15 is 0 Å². The van der Waals surface area contributed by atoms with E-state index in [1.165, 1.54) is 27.2 Å².